The molecule has 2 aliphatic rings. The molecule has 1 heterocycles. The highest BCUT2D eigenvalue weighted by Crippen LogP contribution is 2.34. The molecule has 5 heteroatoms. The van der Waals surface area contributed by atoms with Crippen LogP contribution in [0.2, 0.25) is 0 Å². The average Bonchev–Trinajstić information content (AvgIpc) is 3.46. The van der Waals surface area contributed by atoms with Gasteiger partial charge < -0.3 is 15.0 Å². The van der Waals surface area contributed by atoms with Gasteiger partial charge >= 0.3 is 0 Å². The molecule has 25 heavy (non-hydrogen) atoms. The molecule has 128 valence electrons. The Morgan fingerprint density at radius 3 is 2.52 bits per heavy atom. The minimum Gasteiger partial charge on any atom is -0.487 e. The molecular formula is C20H20N2O3. The summed E-state index contributed by atoms with van der Waals surface area (Å²) in [4.78, 5) is 26.5. The Morgan fingerprint density at radius 2 is 1.80 bits per heavy atom. The van der Waals surface area contributed by atoms with Crippen LogP contribution in [-0.2, 0) is 4.79 Å². The van der Waals surface area contributed by atoms with E-state index in [9.17, 15) is 9.59 Å². The molecule has 1 N–H and O–H groups in total. The molecule has 1 fully saturated rings. The first-order valence-electron chi connectivity index (χ1n) is 8.60. The van der Waals surface area contributed by atoms with Crippen molar-refractivity contribution in [3.63, 3.8) is 0 Å². The lowest BCUT2D eigenvalue weighted by Gasteiger charge is -2.33. The Balaban J connectivity index is 1.53. The Kier molecular flexibility index (Phi) is 3.92. The average molecular weight is 336 g/mol. The van der Waals surface area contributed by atoms with Gasteiger partial charge in [-0.2, -0.15) is 0 Å². The topological polar surface area (TPSA) is 58.6 Å². The Hall–Kier alpha value is -2.82. The number of rotatable bonds is 3. The SMILES string of the molecule is C[C@H]1CN(C(=O)c2ccc(NC(=O)C3CC3)cc2)c2ccccc2O1. The lowest BCUT2D eigenvalue weighted by atomic mass is 10.1. The predicted octanol–water partition coefficient (Wildman–Crippen LogP) is 3.46. The van der Waals surface area contributed by atoms with Crippen LogP contribution in [0.25, 0.3) is 0 Å². The first-order chi connectivity index (χ1) is 12.1. The second-order valence-corrected chi connectivity index (χ2v) is 6.65. The standard InChI is InChI=1S/C20H20N2O3/c1-13-12-22(17-4-2-3-5-18(17)25-13)20(24)15-8-10-16(11-9-15)21-19(23)14-6-7-14/h2-5,8-11,13-14H,6-7,12H2,1H3,(H,21,23)/t13-/m0/s1. The van der Waals surface area contributed by atoms with E-state index in [0.717, 1.165) is 30.0 Å². The number of fused-ring (bicyclic) bond motifs is 1. The highest BCUT2D eigenvalue weighted by molar-refractivity contribution is 6.07. The fourth-order valence-electron chi connectivity index (χ4n) is 3.02. The van der Waals surface area contributed by atoms with Crippen molar-refractivity contribution in [2.45, 2.75) is 25.9 Å². The van der Waals surface area contributed by atoms with Gasteiger partial charge in [-0.25, -0.2) is 0 Å². The number of amides is 2. The van der Waals surface area contributed by atoms with E-state index in [1.165, 1.54) is 0 Å². The monoisotopic (exact) mass is 336 g/mol. The molecule has 2 aromatic carbocycles. The Morgan fingerprint density at radius 1 is 1.08 bits per heavy atom. The van der Waals surface area contributed by atoms with Crippen LogP contribution in [0.4, 0.5) is 11.4 Å². The summed E-state index contributed by atoms with van der Waals surface area (Å²) in [7, 11) is 0. The summed E-state index contributed by atoms with van der Waals surface area (Å²) in [6.45, 7) is 2.46. The quantitative estimate of drug-likeness (QED) is 0.934. The molecule has 0 saturated heterocycles. The molecule has 1 atom stereocenters. The number of carbonyl (C=O) groups excluding carboxylic acids is 2. The van der Waals surface area contributed by atoms with Gasteiger partial charge in [-0.1, -0.05) is 12.1 Å². The van der Waals surface area contributed by atoms with Gasteiger partial charge in [0.1, 0.15) is 11.9 Å². The minimum absolute atomic E-state index is 0.0593. The van der Waals surface area contributed by atoms with Crippen LogP contribution in [-0.4, -0.2) is 24.5 Å². The molecule has 2 aromatic rings. The summed E-state index contributed by atoms with van der Waals surface area (Å²) < 4.78 is 5.80. The summed E-state index contributed by atoms with van der Waals surface area (Å²) in [6.07, 6.45) is 1.88. The van der Waals surface area contributed by atoms with Gasteiger partial charge in [0, 0.05) is 17.2 Å². The number of hydrogen-bond acceptors (Lipinski definition) is 3. The number of nitrogens with one attached hydrogen (secondary N) is 1. The van der Waals surface area contributed by atoms with Crippen molar-refractivity contribution in [1.29, 1.82) is 0 Å². The van der Waals surface area contributed by atoms with Crippen LogP contribution >= 0.6 is 0 Å². The van der Waals surface area contributed by atoms with Gasteiger partial charge in [-0.3, -0.25) is 9.59 Å². The molecule has 0 aromatic heterocycles. The predicted molar refractivity (Wildman–Crippen MR) is 96.0 cm³/mol. The second kappa shape index (κ2) is 6.24. The second-order valence-electron chi connectivity index (χ2n) is 6.65. The number of nitrogens with zero attached hydrogens (tertiary/aromatic N) is 1. The van der Waals surface area contributed by atoms with E-state index in [0.29, 0.717) is 12.1 Å². The van der Waals surface area contributed by atoms with Gasteiger partial charge in [-0.15, -0.1) is 0 Å². The van der Waals surface area contributed by atoms with E-state index < -0.39 is 0 Å². The first-order valence-corrected chi connectivity index (χ1v) is 8.60. The fraction of sp³-hybridized carbons (Fsp3) is 0.300. The van der Waals surface area contributed by atoms with Gasteiger partial charge in [0.15, 0.2) is 0 Å². The number of anilines is 2. The van der Waals surface area contributed by atoms with E-state index >= 15 is 0 Å². The van der Waals surface area contributed by atoms with Gasteiger partial charge in [0.25, 0.3) is 5.91 Å². The van der Waals surface area contributed by atoms with Gasteiger partial charge in [0.05, 0.1) is 12.2 Å². The van der Waals surface area contributed by atoms with Crippen LogP contribution in [0.5, 0.6) is 5.75 Å². The van der Waals surface area contributed by atoms with E-state index in [-0.39, 0.29) is 23.8 Å². The molecule has 5 nitrogen and oxygen atoms in total. The number of hydrogen-bond donors (Lipinski definition) is 1. The van der Waals surface area contributed by atoms with Crippen LogP contribution in [0.15, 0.2) is 48.5 Å². The molecule has 1 aliphatic carbocycles. The van der Waals surface area contributed by atoms with Gasteiger partial charge in [-0.05, 0) is 56.2 Å². The Labute approximate surface area is 146 Å². The molecule has 1 aliphatic heterocycles. The largest absolute Gasteiger partial charge is 0.487 e. The van der Waals surface area contributed by atoms with Crippen LogP contribution in [0.3, 0.4) is 0 Å². The van der Waals surface area contributed by atoms with Crippen molar-refractivity contribution in [2.24, 2.45) is 5.92 Å². The Bertz CT molecular complexity index is 812. The minimum atomic E-state index is -0.0670. The third-order valence-electron chi connectivity index (χ3n) is 4.52. The van der Waals surface area contributed by atoms with Crippen molar-refractivity contribution in [3.05, 3.63) is 54.1 Å². The number of carbonyl (C=O) groups is 2. The van der Waals surface area contributed by atoms with Crippen LogP contribution in [0.1, 0.15) is 30.1 Å². The van der Waals surface area contributed by atoms with Crippen LogP contribution in [0, 0.1) is 5.92 Å². The lowest BCUT2D eigenvalue weighted by Crippen LogP contribution is -2.42. The third-order valence-corrected chi connectivity index (χ3v) is 4.52. The molecule has 0 bridgehead atoms. The third kappa shape index (κ3) is 3.22. The molecule has 0 spiro atoms. The van der Waals surface area contributed by atoms with E-state index in [4.69, 9.17) is 4.74 Å². The highest BCUT2D eigenvalue weighted by Gasteiger charge is 2.30. The summed E-state index contributed by atoms with van der Waals surface area (Å²) in [6, 6.07) is 14.6. The number of benzene rings is 2. The summed E-state index contributed by atoms with van der Waals surface area (Å²) >= 11 is 0. The molecule has 4 rings (SSSR count). The zero-order valence-electron chi connectivity index (χ0n) is 14.1. The highest BCUT2D eigenvalue weighted by atomic mass is 16.5. The molecule has 0 radical (unpaired) electrons. The van der Waals surface area contributed by atoms with E-state index in [1.807, 2.05) is 31.2 Å². The molecule has 1 saturated carbocycles. The van der Waals surface area contributed by atoms with Crippen molar-refractivity contribution in [3.8, 4) is 5.75 Å². The molecular weight excluding hydrogens is 316 g/mol. The van der Waals surface area contributed by atoms with Crippen molar-refractivity contribution >= 4 is 23.2 Å². The van der Waals surface area contributed by atoms with E-state index in [2.05, 4.69) is 5.32 Å². The smallest absolute Gasteiger partial charge is 0.258 e. The van der Waals surface area contributed by atoms with E-state index in [1.54, 1.807) is 29.2 Å². The maximum Gasteiger partial charge on any atom is 0.258 e. The zero-order valence-corrected chi connectivity index (χ0v) is 14.1. The normalized spacial score (nSPS) is 18.9. The fourth-order valence-corrected chi connectivity index (χ4v) is 3.02. The number of ether oxygens (including phenoxy) is 1. The first kappa shape index (κ1) is 15.7. The maximum absolute atomic E-state index is 12.9. The van der Waals surface area contributed by atoms with Crippen molar-refractivity contribution in [2.75, 3.05) is 16.8 Å². The van der Waals surface area contributed by atoms with Gasteiger partial charge in [0.2, 0.25) is 5.91 Å². The summed E-state index contributed by atoms with van der Waals surface area (Å²) in [5, 5.41) is 2.89. The lowest BCUT2D eigenvalue weighted by molar-refractivity contribution is -0.117. The van der Waals surface area contributed by atoms with Crippen molar-refractivity contribution < 1.29 is 14.3 Å². The maximum atomic E-state index is 12.9. The van der Waals surface area contributed by atoms with Crippen molar-refractivity contribution in [1.82, 2.24) is 0 Å². The number of para-hydroxylation sites is 2. The summed E-state index contributed by atoms with van der Waals surface area (Å²) in [5.41, 5.74) is 2.11. The zero-order chi connectivity index (χ0) is 17.4. The van der Waals surface area contributed by atoms with Crippen LogP contribution < -0.4 is 15.0 Å². The summed E-state index contributed by atoms with van der Waals surface area (Å²) in [5.74, 6) is 0.883. The molecule has 0 unspecified atom stereocenters. The molecule has 2 amide bonds.